The molecule has 1 aromatic carbocycles. The Morgan fingerprint density at radius 3 is 2.70 bits per heavy atom. The fourth-order valence-electron chi connectivity index (χ4n) is 2.82. The third-order valence-electron chi connectivity index (χ3n) is 4.13. The Morgan fingerprint density at radius 2 is 2.00 bits per heavy atom. The third-order valence-corrected chi connectivity index (χ3v) is 5.04. The van der Waals surface area contributed by atoms with Crippen LogP contribution in [0, 0.1) is 0 Å². The second-order valence-corrected chi connectivity index (χ2v) is 7.18. The van der Waals surface area contributed by atoms with Gasteiger partial charge in [0.1, 0.15) is 10.5 Å². The molecule has 2 amide bonds. The van der Waals surface area contributed by atoms with Gasteiger partial charge in [0, 0.05) is 14.0 Å². The van der Waals surface area contributed by atoms with Crippen molar-refractivity contribution >= 4 is 33.4 Å². The van der Waals surface area contributed by atoms with Crippen LogP contribution in [0.3, 0.4) is 0 Å². The zero-order valence-electron chi connectivity index (χ0n) is 15.1. The van der Waals surface area contributed by atoms with Crippen molar-refractivity contribution in [2.24, 2.45) is 0 Å². The smallest absolute Gasteiger partial charge is 0.268 e. The van der Waals surface area contributed by atoms with Gasteiger partial charge in [-0.3, -0.25) is 14.4 Å². The quantitative estimate of drug-likeness (QED) is 0.681. The summed E-state index contributed by atoms with van der Waals surface area (Å²) < 4.78 is 0.572. The SMILES string of the molecule is CC(=O)NC(CC(=O)N(C)Cc1nc2ccsc2c(=O)[nH]1)c1ccccc1. The van der Waals surface area contributed by atoms with Crippen molar-refractivity contribution in [2.45, 2.75) is 25.9 Å². The van der Waals surface area contributed by atoms with Crippen molar-refractivity contribution in [3.63, 3.8) is 0 Å². The molecule has 1 atom stereocenters. The number of amides is 2. The van der Waals surface area contributed by atoms with E-state index in [1.54, 1.807) is 13.1 Å². The van der Waals surface area contributed by atoms with E-state index in [0.29, 0.717) is 16.0 Å². The number of fused-ring (bicyclic) bond motifs is 1. The molecule has 3 rings (SSSR count). The molecule has 0 radical (unpaired) electrons. The van der Waals surface area contributed by atoms with Crippen LogP contribution in [-0.4, -0.2) is 33.7 Å². The molecule has 27 heavy (non-hydrogen) atoms. The van der Waals surface area contributed by atoms with Gasteiger partial charge in [0.05, 0.1) is 24.5 Å². The van der Waals surface area contributed by atoms with Crippen molar-refractivity contribution in [1.29, 1.82) is 0 Å². The highest BCUT2D eigenvalue weighted by Gasteiger charge is 2.20. The number of carbonyl (C=O) groups is 2. The van der Waals surface area contributed by atoms with Gasteiger partial charge in [-0.05, 0) is 17.0 Å². The molecule has 0 aliphatic rings. The molecule has 0 saturated heterocycles. The van der Waals surface area contributed by atoms with Crippen molar-refractivity contribution in [1.82, 2.24) is 20.2 Å². The van der Waals surface area contributed by atoms with Crippen LogP contribution in [-0.2, 0) is 16.1 Å². The number of rotatable bonds is 6. The minimum atomic E-state index is -0.412. The van der Waals surface area contributed by atoms with Crippen molar-refractivity contribution in [3.8, 4) is 0 Å². The van der Waals surface area contributed by atoms with E-state index in [1.165, 1.54) is 23.2 Å². The Kier molecular flexibility index (Phi) is 5.66. The lowest BCUT2D eigenvalue weighted by atomic mass is 10.0. The number of benzene rings is 1. The summed E-state index contributed by atoms with van der Waals surface area (Å²) in [6, 6.07) is 10.7. The second-order valence-electron chi connectivity index (χ2n) is 6.27. The van der Waals surface area contributed by atoms with E-state index < -0.39 is 6.04 Å². The fraction of sp³-hybridized carbons (Fsp3) is 0.263. The van der Waals surface area contributed by atoms with Crippen LogP contribution in [0.15, 0.2) is 46.6 Å². The van der Waals surface area contributed by atoms with E-state index in [-0.39, 0.29) is 30.3 Å². The van der Waals surface area contributed by atoms with Gasteiger partial charge >= 0.3 is 0 Å². The molecule has 0 spiro atoms. The van der Waals surface area contributed by atoms with Gasteiger partial charge in [0.25, 0.3) is 5.56 Å². The monoisotopic (exact) mass is 384 g/mol. The summed E-state index contributed by atoms with van der Waals surface area (Å²) in [4.78, 5) is 44.9. The summed E-state index contributed by atoms with van der Waals surface area (Å²) >= 11 is 1.33. The molecule has 3 aromatic rings. The standard InChI is InChI=1S/C19H20N4O3S/c1-12(24)20-15(13-6-4-3-5-7-13)10-17(25)23(2)11-16-21-14-8-9-27-18(14)19(26)22-16/h3-9,15H,10-11H2,1-2H3,(H,20,24)(H,21,22,26). The van der Waals surface area contributed by atoms with Gasteiger partial charge in [0.2, 0.25) is 11.8 Å². The maximum Gasteiger partial charge on any atom is 0.268 e. The van der Waals surface area contributed by atoms with Crippen LogP contribution in [0.1, 0.15) is 30.8 Å². The Morgan fingerprint density at radius 1 is 1.26 bits per heavy atom. The molecular formula is C19H20N4O3S. The first-order valence-corrected chi connectivity index (χ1v) is 9.34. The number of carbonyl (C=O) groups excluding carboxylic acids is 2. The van der Waals surface area contributed by atoms with E-state index in [9.17, 15) is 14.4 Å². The summed E-state index contributed by atoms with van der Waals surface area (Å²) in [5.74, 6) is 0.0661. The lowest BCUT2D eigenvalue weighted by Gasteiger charge is -2.22. The maximum absolute atomic E-state index is 12.7. The highest BCUT2D eigenvalue weighted by atomic mass is 32.1. The number of hydrogen-bond acceptors (Lipinski definition) is 5. The molecule has 8 heteroatoms. The molecule has 7 nitrogen and oxygen atoms in total. The van der Waals surface area contributed by atoms with Crippen molar-refractivity contribution in [3.05, 3.63) is 63.5 Å². The summed E-state index contributed by atoms with van der Waals surface area (Å²) in [7, 11) is 1.65. The predicted molar refractivity (Wildman–Crippen MR) is 104 cm³/mol. The van der Waals surface area contributed by atoms with Crippen LogP contribution >= 0.6 is 11.3 Å². The molecule has 0 bridgehead atoms. The first kappa shape index (κ1) is 18.8. The van der Waals surface area contributed by atoms with Crippen LogP contribution in [0.2, 0.25) is 0 Å². The Bertz CT molecular complexity index is 1010. The molecule has 140 valence electrons. The molecule has 0 aliphatic heterocycles. The van der Waals surface area contributed by atoms with Gasteiger partial charge in [0.15, 0.2) is 0 Å². The summed E-state index contributed by atoms with van der Waals surface area (Å²) in [6.45, 7) is 1.61. The van der Waals surface area contributed by atoms with Crippen LogP contribution < -0.4 is 10.9 Å². The number of nitrogens with one attached hydrogen (secondary N) is 2. The summed E-state index contributed by atoms with van der Waals surface area (Å²) in [5.41, 5.74) is 1.28. The molecule has 2 aromatic heterocycles. The summed E-state index contributed by atoms with van der Waals surface area (Å²) in [5, 5.41) is 4.63. The zero-order valence-corrected chi connectivity index (χ0v) is 15.9. The first-order chi connectivity index (χ1) is 12.9. The first-order valence-electron chi connectivity index (χ1n) is 8.46. The summed E-state index contributed by atoms with van der Waals surface area (Å²) in [6.07, 6.45) is 0.116. The van der Waals surface area contributed by atoms with Gasteiger partial charge in [-0.1, -0.05) is 30.3 Å². The van der Waals surface area contributed by atoms with Gasteiger partial charge in [-0.25, -0.2) is 4.98 Å². The highest BCUT2D eigenvalue weighted by molar-refractivity contribution is 7.17. The topological polar surface area (TPSA) is 95.2 Å². The molecule has 0 saturated carbocycles. The second kappa shape index (κ2) is 8.13. The number of aromatic nitrogens is 2. The molecule has 1 unspecified atom stereocenters. The Balaban J connectivity index is 1.73. The molecule has 0 fully saturated rings. The van der Waals surface area contributed by atoms with E-state index >= 15 is 0 Å². The van der Waals surface area contributed by atoms with Gasteiger partial charge in [-0.15, -0.1) is 11.3 Å². The van der Waals surface area contributed by atoms with Crippen LogP contribution in [0.25, 0.3) is 10.2 Å². The van der Waals surface area contributed by atoms with Gasteiger partial charge < -0.3 is 15.2 Å². The molecule has 2 N–H and O–H groups in total. The van der Waals surface area contributed by atoms with Crippen molar-refractivity contribution in [2.75, 3.05) is 7.05 Å². The minimum Gasteiger partial charge on any atom is -0.349 e. The van der Waals surface area contributed by atoms with Gasteiger partial charge in [-0.2, -0.15) is 0 Å². The number of hydrogen-bond donors (Lipinski definition) is 2. The molecular weight excluding hydrogens is 364 g/mol. The zero-order chi connectivity index (χ0) is 19.4. The molecule has 2 heterocycles. The van der Waals surface area contributed by atoms with E-state index in [0.717, 1.165) is 5.56 Å². The minimum absolute atomic E-state index is 0.116. The Labute approximate surface area is 160 Å². The lowest BCUT2D eigenvalue weighted by molar-refractivity contribution is -0.131. The average molecular weight is 384 g/mol. The maximum atomic E-state index is 12.7. The number of H-pyrrole nitrogens is 1. The van der Waals surface area contributed by atoms with E-state index in [2.05, 4.69) is 15.3 Å². The Hall–Kier alpha value is -3.00. The van der Waals surface area contributed by atoms with Crippen LogP contribution in [0.5, 0.6) is 0 Å². The largest absolute Gasteiger partial charge is 0.349 e. The van der Waals surface area contributed by atoms with Crippen molar-refractivity contribution < 1.29 is 9.59 Å². The highest BCUT2D eigenvalue weighted by Crippen LogP contribution is 2.18. The number of nitrogens with zero attached hydrogens (tertiary/aromatic N) is 2. The van der Waals surface area contributed by atoms with Crippen LogP contribution in [0.4, 0.5) is 0 Å². The van der Waals surface area contributed by atoms with E-state index in [4.69, 9.17) is 0 Å². The third kappa shape index (κ3) is 4.59. The normalized spacial score (nSPS) is 11.9. The molecule has 0 aliphatic carbocycles. The number of thiophene rings is 1. The fourth-order valence-corrected chi connectivity index (χ4v) is 3.55. The average Bonchev–Trinajstić information content (AvgIpc) is 3.10. The lowest BCUT2D eigenvalue weighted by Crippen LogP contribution is -2.34. The predicted octanol–water partition coefficient (Wildman–Crippen LogP) is 2.21. The number of aromatic amines is 1. The van der Waals surface area contributed by atoms with E-state index in [1.807, 2.05) is 35.7 Å².